The lowest BCUT2D eigenvalue weighted by Gasteiger charge is -2.33. The van der Waals surface area contributed by atoms with Gasteiger partial charge in [0, 0.05) is 25.8 Å². The van der Waals surface area contributed by atoms with Gasteiger partial charge in [-0.3, -0.25) is 0 Å². The van der Waals surface area contributed by atoms with Crippen molar-refractivity contribution in [2.45, 2.75) is 37.6 Å². The molecule has 1 N–H and O–H groups in total. The van der Waals surface area contributed by atoms with Crippen LogP contribution in [0, 0.1) is 0 Å². The van der Waals surface area contributed by atoms with E-state index in [1.165, 1.54) is 4.31 Å². The monoisotopic (exact) mass is 271 g/mol. The topological polar surface area (TPSA) is 62.3 Å². The summed E-state index contributed by atoms with van der Waals surface area (Å²) in [7, 11) is -0.282. The van der Waals surface area contributed by atoms with Crippen molar-refractivity contribution >= 4 is 15.8 Å². The second kappa shape index (κ2) is 5.24. The van der Waals surface area contributed by atoms with Gasteiger partial charge in [0.1, 0.15) is 10.7 Å². The Morgan fingerprint density at radius 2 is 2.06 bits per heavy atom. The Bertz CT molecular complexity index is 512. The summed E-state index contributed by atoms with van der Waals surface area (Å²) in [6.07, 6.45) is 2.30. The lowest BCUT2D eigenvalue weighted by molar-refractivity contribution is 0.257. The number of hydrogen-bond donors (Lipinski definition) is 1. The average Bonchev–Trinajstić information content (AvgIpc) is 2.37. The molecule has 0 fully saturated rings. The summed E-state index contributed by atoms with van der Waals surface area (Å²) in [5.41, 5.74) is -0.431. The fourth-order valence-corrected chi connectivity index (χ4v) is 3.21. The predicted octanol–water partition coefficient (Wildman–Crippen LogP) is 1.93. The van der Waals surface area contributed by atoms with Crippen LogP contribution in [0.3, 0.4) is 0 Å². The van der Waals surface area contributed by atoms with Crippen LogP contribution in [0.2, 0.25) is 0 Å². The third-order valence-electron chi connectivity index (χ3n) is 3.36. The van der Waals surface area contributed by atoms with Crippen molar-refractivity contribution < 1.29 is 8.42 Å². The Kier molecular flexibility index (Phi) is 4.34. The molecule has 5 nitrogen and oxygen atoms in total. The summed E-state index contributed by atoms with van der Waals surface area (Å²) in [4.78, 5) is 4.24. The molecule has 6 heteroatoms. The van der Waals surface area contributed by atoms with E-state index in [0.29, 0.717) is 5.82 Å². The summed E-state index contributed by atoms with van der Waals surface area (Å²) >= 11 is 0. The van der Waals surface area contributed by atoms with E-state index in [1.807, 2.05) is 20.8 Å². The standard InChI is InChI=1S/C12H21N3O2S/c1-6-12(2,3)15(5)18(16,17)10-8-7-9-14-11(10)13-4/h7-9H,6H2,1-5H3,(H,13,14). The molecule has 0 unspecified atom stereocenters. The molecule has 0 saturated heterocycles. The number of anilines is 1. The first-order valence-electron chi connectivity index (χ1n) is 5.89. The molecule has 0 aliphatic carbocycles. The van der Waals surface area contributed by atoms with Gasteiger partial charge in [-0.2, -0.15) is 4.31 Å². The van der Waals surface area contributed by atoms with Crippen LogP contribution in [0.15, 0.2) is 23.2 Å². The van der Waals surface area contributed by atoms with Gasteiger partial charge in [-0.05, 0) is 32.4 Å². The molecular weight excluding hydrogens is 250 g/mol. The number of pyridine rings is 1. The fraction of sp³-hybridized carbons (Fsp3) is 0.583. The minimum Gasteiger partial charge on any atom is -0.372 e. The van der Waals surface area contributed by atoms with E-state index in [9.17, 15) is 8.42 Å². The van der Waals surface area contributed by atoms with E-state index in [2.05, 4.69) is 10.3 Å². The van der Waals surface area contributed by atoms with E-state index in [-0.39, 0.29) is 4.90 Å². The second-order valence-corrected chi connectivity index (χ2v) is 6.68. The minimum atomic E-state index is -3.54. The van der Waals surface area contributed by atoms with Crippen LogP contribution >= 0.6 is 0 Å². The molecule has 0 aliphatic rings. The SMILES string of the molecule is CCC(C)(C)N(C)S(=O)(=O)c1cccnc1NC. The molecule has 0 aromatic carbocycles. The number of sulfonamides is 1. The van der Waals surface area contributed by atoms with Crippen molar-refractivity contribution in [2.24, 2.45) is 0 Å². The third kappa shape index (κ3) is 2.64. The molecule has 0 spiro atoms. The van der Waals surface area contributed by atoms with Gasteiger partial charge in [-0.1, -0.05) is 6.92 Å². The smallest absolute Gasteiger partial charge is 0.246 e. The van der Waals surface area contributed by atoms with Gasteiger partial charge < -0.3 is 5.32 Å². The Hall–Kier alpha value is -1.14. The molecule has 0 bridgehead atoms. The van der Waals surface area contributed by atoms with Gasteiger partial charge in [0.2, 0.25) is 10.0 Å². The van der Waals surface area contributed by atoms with Crippen LogP contribution in [-0.4, -0.2) is 37.3 Å². The number of aromatic nitrogens is 1. The van der Waals surface area contributed by atoms with E-state index >= 15 is 0 Å². The lowest BCUT2D eigenvalue weighted by Crippen LogP contribution is -2.44. The molecule has 1 aromatic heterocycles. The summed E-state index contributed by atoms with van der Waals surface area (Å²) in [5.74, 6) is 0.372. The molecule has 0 atom stereocenters. The first-order valence-corrected chi connectivity index (χ1v) is 7.33. The highest BCUT2D eigenvalue weighted by atomic mass is 32.2. The first-order chi connectivity index (χ1) is 8.27. The maximum Gasteiger partial charge on any atom is 0.246 e. The normalized spacial score (nSPS) is 12.8. The summed E-state index contributed by atoms with van der Waals surface area (Å²) < 4.78 is 26.5. The summed E-state index contributed by atoms with van der Waals surface area (Å²) in [6, 6.07) is 3.19. The van der Waals surface area contributed by atoms with Crippen molar-refractivity contribution in [3.63, 3.8) is 0 Å². The summed E-state index contributed by atoms with van der Waals surface area (Å²) in [5, 5.41) is 2.81. The molecule has 1 aromatic rings. The van der Waals surface area contributed by atoms with Gasteiger partial charge in [-0.25, -0.2) is 13.4 Å². The Balaban J connectivity index is 3.30. The maximum absolute atomic E-state index is 12.6. The number of nitrogens with zero attached hydrogens (tertiary/aromatic N) is 2. The zero-order chi connectivity index (χ0) is 14.0. The van der Waals surface area contributed by atoms with Crippen LogP contribution in [-0.2, 0) is 10.0 Å². The van der Waals surface area contributed by atoms with Crippen LogP contribution in [0.1, 0.15) is 27.2 Å². The quantitative estimate of drug-likeness (QED) is 0.889. The number of nitrogens with one attached hydrogen (secondary N) is 1. The van der Waals surface area contributed by atoms with E-state index in [1.54, 1.807) is 32.4 Å². The maximum atomic E-state index is 12.6. The molecule has 102 valence electrons. The second-order valence-electron chi connectivity index (χ2n) is 4.74. The van der Waals surface area contributed by atoms with E-state index in [4.69, 9.17) is 0 Å². The highest BCUT2D eigenvalue weighted by molar-refractivity contribution is 7.89. The largest absolute Gasteiger partial charge is 0.372 e. The van der Waals surface area contributed by atoms with E-state index < -0.39 is 15.6 Å². The molecular formula is C12H21N3O2S. The van der Waals surface area contributed by atoms with Crippen molar-refractivity contribution in [2.75, 3.05) is 19.4 Å². The lowest BCUT2D eigenvalue weighted by atomic mass is 10.0. The zero-order valence-corrected chi connectivity index (χ0v) is 12.4. The predicted molar refractivity (Wildman–Crippen MR) is 73.1 cm³/mol. The highest BCUT2D eigenvalue weighted by Crippen LogP contribution is 2.28. The minimum absolute atomic E-state index is 0.205. The van der Waals surface area contributed by atoms with Gasteiger partial charge in [0.25, 0.3) is 0 Å². The highest BCUT2D eigenvalue weighted by Gasteiger charge is 2.34. The van der Waals surface area contributed by atoms with Crippen LogP contribution in [0.5, 0.6) is 0 Å². The zero-order valence-electron chi connectivity index (χ0n) is 11.6. The Morgan fingerprint density at radius 1 is 1.44 bits per heavy atom. The van der Waals surface area contributed by atoms with Crippen molar-refractivity contribution in [3.8, 4) is 0 Å². The molecule has 18 heavy (non-hydrogen) atoms. The van der Waals surface area contributed by atoms with Gasteiger partial charge in [0.15, 0.2) is 0 Å². The first kappa shape index (κ1) is 14.9. The molecule has 1 heterocycles. The number of rotatable bonds is 5. The van der Waals surface area contributed by atoms with Crippen molar-refractivity contribution in [1.29, 1.82) is 0 Å². The molecule has 0 amide bonds. The fourth-order valence-electron chi connectivity index (χ4n) is 1.48. The van der Waals surface area contributed by atoms with Gasteiger partial charge >= 0.3 is 0 Å². The number of hydrogen-bond acceptors (Lipinski definition) is 4. The van der Waals surface area contributed by atoms with Gasteiger partial charge in [0.05, 0.1) is 0 Å². The molecule has 0 saturated carbocycles. The van der Waals surface area contributed by atoms with Crippen molar-refractivity contribution in [3.05, 3.63) is 18.3 Å². The van der Waals surface area contributed by atoms with Gasteiger partial charge in [-0.15, -0.1) is 0 Å². The third-order valence-corrected chi connectivity index (χ3v) is 5.46. The molecule has 0 radical (unpaired) electrons. The Morgan fingerprint density at radius 3 is 2.56 bits per heavy atom. The molecule has 0 aliphatic heterocycles. The summed E-state index contributed by atoms with van der Waals surface area (Å²) in [6.45, 7) is 5.77. The van der Waals surface area contributed by atoms with Crippen molar-refractivity contribution in [1.82, 2.24) is 9.29 Å². The molecule has 1 rings (SSSR count). The van der Waals surface area contributed by atoms with E-state index in [0.717, 1.165) is 6.42 Å². The van der Waals surface area contributed by atoms with Crippen LogP contribution < -0.4 is 5.32 Å². The van der Waals surface area contributed by atoms with Crippen LogP contribution in [0.25, 0.3) is 0 Å². The van der Waals surface area contributed by atoms with Crippen LogP contribution in [0.4, 0.5) is 5.82 Å². The Labute approximate surface area is 109 Å². The average molecular weight is 271 g/mol.